The van der Waals surface area contributed by atoms with Gasteiger partial charge in [-0.05, 0) is 58.5 Å². The quantitative estimate of drug-likeness (QED) is 0.361. The minimum absolute atomic E-state index is 0.284. The third-order valence-corrected chi connectivity index (χ3v) is 9.29. The maximum Gasteiger partial charge on any atom is 0.333 e. The normalized spacial score (nSPS) is 15.3. The van der Waals surface area contributed by atoms with Crippen LogP contribution in [0.25, 0.3) is 0 Å². The van der Waals surface area contributed by atoms with Crippen molar-refractivity contribution in [2.45, 2.75) is 70.8 Å². The molecule has 22 heavy (non-hydrogen) atoms. The van der Waals surface area contributed by atoms with Gasteiger partial charge in [-0.1, -0.05) is 6.58 Å². The third kappa shape index (κ3) is 9.52. The smallest absolute Gasteiger partial charge is 0.333 e. The summed E-state index contributed by atoms with van der Waals surface area (Å²) in [5, 5.41) is 18.9. The first-order chi connectivity index (χ1) is 9.88. The Kier molecular flexibility index (Phi) is 8.78. The molecule has 130 valence electrons. The van der Waals surface area contributed by atoms with E-state index in [2.05, 4.69) is 39.3 Å². The van der Waals surface area contributed by atoms with E-state index < -0.39 is 41.4 Å². The topological polar surface area (TPSA) is 76.0 Å². The monoisotopic (exact) mass is 348 g/mol. The lowest BCUT2D eigenvalue weighted by molar-refractivity contribution is -0.152. The highest BCUT2D eigenvalue weighted by molar-refractivity contribution is 6.84. The summed E-state index contributed by atoms with van der Waals surface area (Å²) in [4.78, 5) is 11.6. The molecular formula is C15H32O5Si2. The molecule has 2 unspecified atom stereocenters. The second-order valence-electron chi connectivity index (χ2n) is 7.34. The molecule has 0 aromatic heterocycles. The number of hydrogen-bond acceptors (Lipinski definition) is 5. The molecule has 0 heterocycles. The zero-order chi connectivity index (χ0) is 17.6. The molecule has 0 aliphatic rings. The Morgan fingerprint density at radius 2 is 1.77 bits per heavy atom. The van der Waals surface area contributed by atoms with Crippen LogP contribution in [0.2, 0.25) is 38.8 Å². The van der Waals surface area contributed by atoms with Crippen LogP contribution < -0.4 is 0 Å². The van der Waals surface area contributed by atoms with Crippen molar-refractivity contribution < 1.29 is 23.9 Å². The van der Waals surface area contributed by atoms with Crippen LogP contribution in [0.4, 0.5) is 0 Å². The number of hydrogen-bond donors (Lipinski definition) is 2. The summed E-state index contributed by atoms with van der Waals surface area (Å²) in [6, 6.07) is 0.927. The number of esters is 1. The van der Waals surface area contributed by atoms with E-state index >= 15 is 0 Å². The highest BCUT2D eigenvalue weighted by atomic mass is 28.4. The van der Waals surface area contributed by atoms with Gasteiger partial charge in [-0.15, -0.1) is 0 Å². The lowest BCUT2D eigenvalue weighted by atomic mass is 10.1. The molecule has 5 nitrogen and oxygen atoms in total. The number of rotatable bonds is 10. The lowest BCUT2D eigenvalue weighted by Gasteiger charge is -2.32. The maximum absolute atomic E-state index is 11.6. The second-order valence-corrected chi connectivity index (χ2v) is 16.4. The van der Waals surface area contributed by atoms with E-state index in [-0.39, 0.29) is 5.57 Å². The molecular weight excluding hydrogens is 316 g/mol. The number of ether oxygens (including phenoxy) is 1. The Morgan fingerprint density at radius 3 is 2.18 bits per heavy atom. The van der Waals surface area contributed by atoms with Crippen LogP contribution in [0.5, 0.6) is 0 Å². The van der Waals surface area contributed by atoms with Gasteiger partial charge < -0.3 is 19.1 Å². The van der Waals surface area contributed by atoms with E-state index in [1.165, 1.54) is 0 Å². The summed E-state index contributed by atoms with van der Waals surface area (Å²) in [6.07, 6.45) is -0.474. The summed E-state index contributed by atoms with van der Waals surface area (Å²) in [6.45, 7) is 15.5. The summed E-state index contributed by atoms with van der Waals surface area (Å²) in [5.74, 6) is -0.535. The summed E-state index contributed by atoms with van der Waals surface area (Å²) in [7, 11) is -3.32. The van der Waals surface area contributed by atoms with E-state index in [1.807, 2.05) is 0 Å². The minimum Gasteiger partial charge on any atom is -0.456 e. The molecule has 0 fully saturated rings. The van der Waals surface area contributed by atoms with Crippen LogP contribution in [0.3, 0.4) is 0 Å². The van der Waals surface area contributed by atoms with Gasteiger partial charge in [-0.25, -0.2) is 4.79 Å². The SMILES string of the molecule is C=C(C)C(=O)OC(CCC[Si](C)(C)O[Si](C)(C)C)C(O)CO. The number of aliphatic hydroxyl groups is 2. The molecule has 0 aromatic rings. The van der Waals surface area contributed by atoms with Crippen molar-refractivity contribution in [2.24, 2.45) is 0 Å². The molecule has 7 heteroatoms. The molecule has 0 aliphatic heterocycles. The van der Waals surface area contributed by atoms with Gasteiger partial charge in [0.05, 0.1) is 6.61 Å². The number of carbonyl (C=O) groups excluding carboxylic acids is 1. The molecule has 0 aliphatic carbocycles. The van der Waals surface area contributed by atoms with Crippen molar-refractivity contribution in [2.75, 3.05) is 6.61 Å². The highest BCUT2D eigenvalue weighted by Crippen LogP contribution is 2.22. The van der Waals surface area contributed by atoms with Crippen LogP contribution in [0.1, 0.15) is 19.8 Å². The molecule has 2 atom stereocenters. The zero-order valence-corrected chi connectivity index (χ0v) is 16.8. The van der Waals surface area contributed by atoms with Gasteiger partial charge in [0.25, 0.3) is 0 Å². The van der Waals surface area contributed by atoms with Gasteiger partial charge in [0.1, 0.15) is 12.2 Å². The standard InChI is InChI=1S/C15H32O5Si2/c1-12(2)15(18)19-14(13(17)11-16)9-8-10-22(6,7)20-21(3,4)5/h13-14,16-17H,1,8-11H2,2-7H3. The Labute approximate surface area is 136 Å². The molecule has 0 saturated heterocycles. The van der Waals surface area contributed by atoms with E-state index in [4.69, 9.17) is 14.0 Å². The third-order valence-electron chi connectivity index (χ3n) is 3.07. The lowest BCUT2D eigenvalue weighted by Crippen LogP contribution is -2.42. The van der Waals surface area contributed by atoms with Gasteiger partial charge in [-0.2, -0.15) is 0 Å². The minimum atomic E-state index is -1.75. The van der Waals surface area contributed by atoms with Crippen molar-refractivity contribution in [1.82, 2.24) is 0 Å². The maximum atomic E-state index is 11.6. The highest BCUT2D eigenvalue weighted by Gasteiger charge is 2.30. The Hall–Kier alpha value is -0.476. The predicted molar refractivity (Wildman–Crippen MR) is 93.7 cm³/mol. The van der Waals surface area contributed by atoms with Crippen LogP contribution >= 0.6 is 0 Å². The molecule has 0 aromatic carbocycles. The van der Waals surface area contributed by atoms with Gasteiger partial charge in [0, 0.05) is 5.57 Å². The van der Waals surface area contributed by atoms with Crippen molar-refractivity contribution in [1.29, 1.82) is 0 Å². The van der Waals surface area contributed by atoms with Crippen molar-refractivity contribution in [3.63, 3.8) is 0 Å². The van der Waals surface area contributed by atoms with E-state index in [1.54, 1.807) is 6.92 Å². The van der Waals surface area contributed by atoms with E-state index in [0.717, 1.165) is 12.5 Å². The summed E-state index contributed by atoms with van der Waals surface area (Å²) in [5.41, 5.74) is 0.284. The Morgan fingerprint density at radius 1 is 1.23 bits per heavy atom. The Balaban J connectivity index is 4.51. The van der Waals surface area contributed by atoms with Crippen molar-refractivity contribution >= 4 is 22.6 Å². The van der Waals surface area contributed by atoms with Crippen LogP contribution in [-0.4, -0.2) is 51.6 Å². The molecule has 0 amide bonds. The largest absolute Gasteiger partial charge is 0.456 e. The van der Waals surface area contributed by atoms with Crippen LogP contribution in [-0.2, 0) is 13.6 Å². The first kappa shape index (κ1) is 21.5. The van der Waals surface area contributed by atoms with Crippen molar-refractivity contribution in [3.8, 4) is 0 Å². The first-order valence-electron chi connectivity index (χ1n) is 7.73. The van der Waals surface area contributed by atoms with Gasteiger partial charge in [0.2, 0.25) is 0 Å². The fourth-order valence-electron chi connectivity index (χ4n) is 2.29. The fourth-order valence-corrected chi connectivity index (χ4v) is 10.4. The molecule has 2 N–H and O–H groups in total. The first-order valence-corrected chi connectivity index (χ1v) is 14.3. The van der Waals surface area contributed by atoms with Gasteiger partial charge in [-0.3, -0.25) is 0 Å². The van der Waals surface area contributed by atoms with E-state index in [0.29, 0.717) is 6.42 Å². The summed E-state index contributed by atoms with van der Waals surface area (Å²) >= 11 is 0. The number of aliphatic hydroxyl groups excluding tert-OH is 2. The molecule has 0 spiro atoms. The average Bonchev–Trinajstić information content (AvgIpc) is 2.33. The van der Waals surface area contributed by atoms with Crippen LogP contribution in [0.15, 0.2) is 12.2 Å². The molecule has 0 radical (unpaired) electrons. The number of carbonyl (C=O) groups is 1. The van der Waals surface area contributed by atoms with Gasteiger partial charge in [0.15, 0.2) is 16.6 Å². The van der Waals surface area contributed by atoms with Crippen LogP contribution in [0, 0.1) is 0 Å². The molecule has 0 rings (SSSR count). The average molecular weight is 349 g/mol. The van der Waals surface area contributed by atoms with Gasteiger partial charge >= 0.3 is 5.97 Å². The zero-order valence-electron chi connectivity index (χ0n) is 14.8. The second kappa shape index (κ2) is 8.98. The Bertz CT molecular complexity index is 377. The summed E-state index contributed by atoms with van der Waals surface area (Å²) < 4.78 is 11.5. The molecule has 0 bridgehead atoms. The molecule has 0 saturated carbocycles. The fraction of sp³-hybridized carbons (Fsp3) is 0.800. The predicted octanol–water partition coefficient (Wildman–Crippen LogP) is 2.66. The van der Waals surface area contributed by atoms with E-state index in [9.17, 15) is 9.90 Å². The van der Waals surface area contributed by atoms with Crippen molar-refractivity contribution in [3.05, 3.63) is 12.2 Å².